The van der Waals surface area contributed by atoms with Crippen molar-refractivity contribution in [2.45, 2.75) is 0 Å². The molecule has 3 aromatic carbocycles. The van der Waals surface area contributed by atoms with Gasteiger partial charge in [-0.3, -0.25) is 0 Å². The largest absolute Gasteiger partial charge is 0.497 e. The Balaban J connectivity index is 1.57. The van der Waals surface area contributed by atoms with Gasteiger partial charge < -0.3 is 10.5 Å². The van der Waals surface area contributed by atoms with Crippen LogP contribution in [0.4, 0.5) is 5.69 Å². The van der Waals surface area contributed by atoms with Gasteiger partial charge in [-0.15, -0.1) is 11.3 Å². The smallest absolute Gasteiger partial charge is 0.124 e. The number of fused-ring (bicyclic) bond motifs is 1. The quantitative estimate of drug-likeness (QED) is 0.375. The van der Waals surface area contributed by atoms with Gasteiger partial charge in [0.25, 0.3) is 0 Å². The molecule has 0 unspecified atom stereocenters. The molecular weight excluding hydrogens is 340 g/mol. The van der Waals surface area contributed by atoms with Gasteiger partial charge in [-0.05, 0) is 41.5 Å². The Morgan fingerprint density at radius 2 is 1.73 bits per heavy atom. The maximum absolute atomic E-state index is 5.81. The molecule has 0 saturated heterocycles. The number of methoxy groups -OCH3 is 1. The van der Waals surface area contributed by atoms with Gasteiger partial charge in [0, 0.05) is 11.3 Å². The van der Waals surface area contributed by atoms with Crippen LogP contribution in [0.2, 0.25) is 0 Å². The van der Waals surface area contributed by atoms with Crippen molar-refractivity contribution in [2.75, 3.05) is 12.8 Å². The van der Waals surface area contributed by atoms with E-state index in [4.69, 9.17) is 15.5 Å². The molecule has 2 N–H and O–H groups in total. The summed E-state index contributed by atoms with van der Waals surface area (Å²) in [6.07, 6.45) is 4.15. The summed E-state index contributed by atoms with van der Waals surface area (Å²) in [5.74, 6) is 0.856. The van der Waals surface area contributed by atoms with Gasteiger partial charge in [0.05, 0.1) is 17.3 Å². The lowest BCUT2D eigenvalue weighted by molar-refractivity contribution is 0.415. The minimum Gasteiger partial charge on any atom is -0.497 e. The topological polar surface area (TPSA) is 48.1 Å². The van der Waals surface area contributed by atoms with Crippen molar-refractivity contribution >= 4 is 39.4 Å². The molecular formula is C22H18N2OS. The molecule has 128 valence electrons. The van der Waals surface area contributed by atoms with Crippen LogP contribution in [0.1, 0.15) is 11.1 Å². The van der Waals surface area contributed by atoms with Crippen molar-refractivity contribution in [3.8, 4) is 16.3 Å². The highest BCUT2D eigenvalue weighted by atomic mass is 32.1. The van der Waals surface area contributed by atoms with Crippen LogP contribution in [-0.2, 0) is 0 Å². The third-order valence-corrected chi connectivity index (χ3v) is 5.20. The first-order valence-electron chi connectivity index (χ1n) is 8.30. The Kier molecular flexibility index (Phi) is 4.42. The number of hydrogen-bond donors (Lipinski definition) is 1. The number of ether oxygens (including phenoxy) is 1. The van der Waals surface area contributed by atoms with Crippen molar-refractivity contribution in [3.63, 3.8) is 0 Å². The summed E-state index contributed by atoms with van der Waals surface area (Å²) in [5, 5.41) is 1.01. The zero-order valence-electron chi connectivity index (χ0n) is 14.3. The molecule has 0 aliphatic heterocycles. The van der Waals surface area contributed by atoms with E-state index >= 15 is 0 Å². The third-order valence-electron chi connectivity index (χ3n) is 4.13. The van der Waals surface area contributed by atoms with E-state index in [9.17, 15) is 0 Å². The van der Waals surface area contributed by atoms with Gasteiger partial charge in [0.15, 0.2) is 0 Å². The highest BCUT2D eigenvalue weighted by Gasteiger charge is 2.07. The van der Waals surface area contributed by atoms with Crippen LogP contribution in [-0.4, -0.2) is 12.1 Å². The summed E-state index contributed by atoms with van der Waals surface area (Å²) in [5.41, 5.74) is 10.9. The third kappa shape index (κ3) is 3.46. The lowest BCUT2D eigenvalue weighted by Gasteiger charge is -1.99. The zero-order chi connectivity index (χ0) is 17.9. The molecule has 0 amide bonds. The van der Waals surface area contributed by atoms with Gasteiger partial charge in [-0.2, -0.15) is 0 Å². The van der Waals surface area contributed by atoms with Crippen molar-refractivity contribution < 1.29 is 4.74 Å². The Morgan fingerprint density at radius 1 is 0.923 bits per heavy atom. The number of nitrogens with two attached hydrogens (primary N) is 1. The lowest BCUT2D eigenvalue weighted by Crippen LogP contribution is -1.83. The summed E-state index contributed by atoms with van der Waals surface area (Å²) >= 11 is 1.67. The monoisotopic (exact) mass is 358 g/mol. The van der Waals surface area contributed by atoms with Gasteiger partial charge in [-0.25, -0.2) is 4.98 Å². The highest BCUT2D eigenvalue weighted by Crippen LogP contribution is 2.32. The zero-order valence-corrected chi connectivity index (χ0v) is 15.2. The molecule has 26 heavy (non-hydrogen) atoms. The Labute approximate surface area is 156 Å². The van der Waals surface area contributed by atoms with Crippen molar-refractivity contribution in [3.05, 3.63) is 77.9 Å². The van der Waals surface area contributed by atoms with Gasteiger partial charge >= 0.3 is 0 Å². The minimum atomic E-state index is 0.773. The maximum Gasteiger partial charge on any atom is 0.124 e. The van der Waals surface area contributed by atoms with Crippen LogP contribution in [0.15, 0.2) is 66.7 Å². The summed E-state index contributed by atoms with van der Waals surface area (Å²) in [7, 11) is 1.68. The van der Waals surface area contributed by atoms with E-state index in [1.165, 1.54) is 0 Å². The lowest BCUT2D eigenvalue weighted by atomic mass is 10.1. The first kappa shape index (κ1) is 16.4. The van der Waals surface area contributed by atoms with Crippen LogP contribution < -0.4 is 10.5 Å². The molecule has 0 saturated carbocycles. The molecule has 0 aliphatic rings. The predicted octanol–water partition coefficient (Wildman–Crippen LogP) is 5.72. The van der Waals surface area contributed by atoms with Crippen LogP contribution >= 0.6 is 11.3 Å². The number of anilines is 1. The first-order valence-corrected chi connectivity index (χ1v) is 9.11. The number of nitrogens with zero attached hydrogens (tertiary/aromatic N) is 1. The van der Waals surface area contributed by atoms with E-state index in [1.54, 1.807) is 18.4 Å². The molecule has 4 heteroatoms. The molecule has 3 nitrogen and oxygen atoms in total. The number of thiazole rings is 1. The average molecular weight is 358 g/mol. The number of hydrogen-bond acceptors (Lipinski definition) is 4. The number of nitrogen functional groups attached to an aromatic ring is 1. The molecule has 0 radical (unpaired) electrons. The average Bonchev–Trinajstić information content (AvgIpc) is 3.10. The molecule has 1 heterocycles. The standard InChI is InChI=1S/C22H18N2OS/c1-25-19-11-12-20-21(14-19)26-22(24-20)17-9-7-15(8-10-17)5-6-16-3-2-4-18(23)13-16/h2-14H,23H2,1H3. The van der Waals surface area contributed by atoms with Gasteiger partial charge in [0.2, 0.25) is 0 Å². The summed E-state index contributed by atoms with van der Waals surface area (Å²) in [4.78, 5) is 4.72. The van der Waals surface area contributed by atoms with Crippen LogP contribution in [0.25, 0.3) is 32.9 Å². The van der Waals surface area contributed by atoms with E-state index < -0.39 is 0 Å². The van der Waals surface area contributed by atoms with Gasteiger partial charge in [-0.1, -0.05) is 48.6 Å². The molecule has 0 bridgehead atoms. The Hall–Kier alpha value is -3.11. The van der Waals surface area contributed by atoms with Crippen LogP contribution in [0.3, 0.4) is 0 Å². The number of aromatic nitrogens is 1. The normalized spacial score (nSPS) is 11.3. The molecule has 0 atom stereocenters. The van der Waals surface area contributed by atoms with E-state index in [-0.39, 0.29) is 0 Å². The highest BCUT2D eigenvalue weighted by molar-refractivity contribution is 7.21. The first-order chi connectivity index (χ1) is 12.7. The fourth-order valence-electron chi connectivity index (χ4n) is 2.75. The fraction of sp³-hybridized carbons (Fsp3) is 0.0455. The summed E-state index contributed by atoms with van der Waals surface area (Å²) in [6.45, 7) is 0. The van der Waals surface area contributed by atoms with E-state index in [0.717, 1.165) is 43.4 Å². The minimum absolute atomic E-state index is 0.773. The van der Waals surface area contributed by atoms with Crippen molar-refractivity contribution in [1.29, 1.82) is 0 Å². The SMILES string of the molecule is COc1ccc2nc(-c3ccc(C=Cc4cccc(N)c4)cc3)sc2c1. The summed E-state index contributed by atoms with van der Waals surface area (Å²) in [6, 6.07) is 22.2. The van der Waals surface area contributed by atoms with Crippen molar-refractivity contribution in [2.24, 2.45) is 0 Å². The predicted molar refractivity (Wildman–Crippen MR) is 111 cm³/mol. The fourth-order valence-corrected chi connectivity index (χ4v) is 3.75. The Bertz CT molecular complexity index is 1080. The number of rotatable bonds is 4. The maximum atomic E-state index is 5.81. The Morgan fingerprint density at radius 3 is 2.50 bits per heavy atom. The molecule has 0 spiro atoms. The second kappa shape index (κ2) is 7.02. The van der Waals surface area contributed by atoms with Gasteiger partial charge in [0.1, 0.15) is 10.8 Å². The molecule has 4 rings (SSSR count). The van der Waals surface area contributed by atoms with Crippen molar-refractivity contribution in [1.82, 2.24) is 4.98 Å². The second-order valence-corrected chi connectivity index (χ2v) is 7.01. The van der Waals surface area contributed by atoms with Crippen LogP contribution in [0, 0.1) is 0 Å². The van der Waals surface area contributed by atoms with Crippen LogP contribution in [0.5, 0.6) is 5.75 Å². The molecule has 0 fully saturated rings. The van der Waals surface area contributed by atoms with E-state index in [1.807, 2.05) is 42.5 Å². The number of benzene rings is 3. The summed E-state index contributed by atoms with van der Waals surface area (Å²) < 4.78 is 6.42. The van der Waals surface area contributed by atoms with E-state index in [0.29, 0.717) is 0 Å². The second-order valence-electron chi connectivity index (χ2n) is 5.98. The molecule has 1 aromatic heterocycles. The molecule has 4 aromatic rings. The van der Waals surface area contributed by atoms with E-state index in [2.05, 4.69) is 36.4 Å². The molecule has 0 aliphatic carbocycles.